The molecule has 0 spiro atoms. The molecular formula is H4O12Si. The van der Waals surface area contributed by atoms with Crippen LogP contribution in [-0.2, 0) is 38.5 Å². The van der Waals surface area contributed by atoms with Crippen molar-refractivity contribution >= 4 is 9.05 Å². The molecule has 0 aromatic carbocycles. The first-order chi connectivity index (χ1) is 6.24. The highest BCUT2D eigenvalue weighted by atomic mass is 28.4. The summed E-state index contributed by atoms with van der Waals surface area (Å²) in [6, 6.07) is 0. The lowest BCUT2D eigenvalue weighted by molar-refractivity contribution is -0.585. The molecule has 0 rings (SSSR count). The van der Waals surface area contributed by atoms with E-state index >= 15 is 0 Å². The second-order valence-corrected chi connectivity index (χ2v) is 2.80. The maximum absolute atomic E-state index is 7.74. The van der Waals surface area contributed by atoms with Crippen LogP contribution in [0.1, 0.15) is 0 Å². The molecule has 80 valence electrons. The third-order valence-electron chi connectivity index (χ3n) is 0.557. The highest BCUT2D eigenvalue weighted by Gasteiger charge is 2.56. The summed E-state index contributed by atoms with van der Waals surface area (Å²) in [5, 5.41) is 42.9. The van der Waals surface area contributed by atoms with E-state index in [1.807, 2.05) is 0 Å². The first-order valence-corrected chi connectivity index (χ1v) is 3.85. The van der Waals surface area contributed by atoms with Crippen molar-refractivity contribution in [1.82, 2.24) is 0 Å². The van der Waals surface area contributed by atoms with Gasteiger partial charge in [-0.3, -0.25) is 0 Å². The minimum atomic E-state index is -4.68. The Balaban J connectivity index is 4.19. The van der Waals surface area contributed by atoms with Crippen LogP contribution >= 0.6 is 0 Å². The van der Waals surface area contributed by atoms with E-state index in [4.69, 9.17) is 21.0 Å². The molecule has 0 aromatic rings. The Morgan fingerprint density at radius 1 is 0.538 bits per heavy atom. The minimum Gasteiger partial charge on any atom is -0.222 e. The predicted molar refractivity (Wildman–Crippen MR) is 24.9 cm³/mol. The van der Waals surface area contributed by atoms with Crippen molar-refractivity contribution in [2.75, 3.05) is 0 Å². The lowest BCUT2D eigenvalue weighted by Crippen LogP contribution is -2.48. The van der Waals surface area contributed by atoms with Crippen molar-refractivity contribution in [1.29, 1.82) is 0 Å². The van der Waals surface area contributed by atoms with Crippen molar-refractivity contribution in [3.8, 4) is 0 Å². The van der Waals surface area contributed by atoms with Crippen molar-refractivity contribution in [2.24, 2.45) is 0 Å². The van der Waals surface area contributed by atoms with Gasteiger partial charge in [0.05, 0.1) is 0 Å². The monoisotopic (exact) mass is 224 g/mol. The average molecular weight is 224 g/mol. The fourth-order valence-corrected chi connectivity index (χ4v) is 0.798. The Hall–Kier alpha value is -0.263. The summed E-state index contributed by atoms with van der Waals surface area (Å²) < 4.78 is 14.5. The molecule has 0 aliphatic heterocycles. The van der Waals surface area contributed by atoms with Crippen molar-refractivity contribution in [3.63, 3.8) is 0 Å². The highest BCUT2D eigenvalue weighted by molar-refractivity contribution is 6.52. The molecule has 0 atom stereocenters. The van der Waals surface area contributed by atoms with Gasteiger partial charge >= 0.3 is 9.05 Å². The normalized spacial score (nSPS) is 12.0. The third kappa shape index (κ3) is 4.49. The highest BCUT2D eigenvalue weighted by Crippen LogP contribution is 2.11. The first-order valence-electron chi connectivity index (χ1n) is 2.21. The molecule has 0 aromatic heterocycles. The Labute approximate surface area is 69.8 Å². The minimum absolute atomic E-state index is 2.98. The molecule has 0 saturated heterocycles. The van der Waals surface area contributed by atoms with Gasteiger partial charge in [0.25, 0.3) is 0 Å². The zero-order valence-corrected chi connectivity index (χ0v) is 6.55. The van der Waals surface area contributed by atoms with Gasteiger partial charge in [-0.2, -0.15) is 18.3 Å². The van der Waals surface area contributed by atoms with Crippen LogP contribution in [0.4, 0.5) is 0 Å². The van der Waals surface area contributed by atoms with E-state index in [2.05, 4.69) is 38.5 Å². The van der Waals surface area contributed by atoms with E-state index in [0.717, 1.165) is 0 Å². The Morgan fingerprint density at radius 2 is 0.769 bits per heavy atom. The fourth-order valence-electron chi connectivity index (χ4n) is 0.266. The summed E-state index contributed by atoms with van der Waals surface area (Å²) in [5.41, 5.74) is 0. The van der Waals surface area contributed by atoms with Gasteiger partial charge in [0.1, 0.15) is 0 Å². The molecule has 0 fully saturated rings. The summed E-state index contributed by atoms with van der Waals surface area (Å²) >= 11 is 0. The molecule has 13 heteroatoms. The van der Waals surface area contributed by atoms with Crippen LogP contribution in [0.5, 0.6) is 0 Å². The van der Waals surface area contributed by atoms with Crippen LogP contribution < -0.4 is 0 Å². The fraction of sp³-hybridized carbons (Fsp3) is 0. The molecule has 13 heavy (non-hydrogen) atoms. The van der Waals surface area contributed by atoms with E-state index < -0.39 is 9.05 Å². The summed E-state index contributed by atoms with van der Waals surface area (Å²) in [6.45, 7) is 0. The van der Waals surface area contributed by atoms with Crippen LogP contribution in [0.2, 0.25) is 0 Å². The van der Waals surface area contributed by atoms with Gasteiger partial charge in [-0.05, 0) is 0 Å². The molecule has 0 bridgehead atoms. The Kier molecular flexibility index (Phi) is 7.03. The zero-order valence-electron chi connectivity index (χ0n) is 5.55. The van der Waals surface area contributed by atoms with Crippen molar-refractivity contribution < 1.29 is 59.5 Å². The first kappa shape index (κ1) is 12.7. The van der Waals surface area contributed by atoms with Gasteiger partial charge in [0.15, 0.2) is 0 Å². The maximum atomic E-state index is 7.74. The molecule has 0 unspecified atom stereocenters. The molecule has 12 nitrogen and oxygen atoms in total. The van der Waals surface area contributed by atoms with Gasteiger partial charge in [0, 0.05) is 0 Å². The summed E-state index contributed by atoms with van der Waals surface area (Å²) in [5.74, 6) is 0. The van der Waals surface area contributed by atoms with E-state index in [1.165, 1.54) is 0 Å². The van der Waals surface area contributed by atoms with E-state index in [-0.39, 0.29) is 0 Å². The van der Waals surface area contributed by atoms with Gasteiger partial charge in [-0.1, -0.05) is 20.2 Å². The van der Waals surface area contributed by atoms with Crippen LogP contribution in [-0.4, -0.2) is 30.1 Å². The Bertz CT molecular complexity index is 80.2. The molecular weight excluding hydrogens is 220 g/mol. The molecule has 0 aliphatic rings. The topological polar surface area (TPSA) is 155 Å². The van der Waals surface area contributed by atoms with E-state index in [0.29, 0.717) is 0 Å². The smallest absolute Gasteiger partial charge is 0.222 e. The van der Waals surface area contributed by atoms with Crippen molar-refractivity contribution in [2.45, 2.75) is 0 Å². The van der Waals surface area contributed by atoms with E-state index in [9.17, 15) is 0 Å². The predicted octanol–water partition coefficient (Wildman–Crippen LogP) is -0.893. The zero-order chi connectivity index (χ0) is 10.2. The maximum Gasteiger partial charge on any atom is 0.801 e. The second kappa shape index (κ2) is 7.17. The quantitative estimate of drug-likeness (QED) is 0.229. The van der Waals surface area contributed by atoms with Crippen LogP contribution in [0.25, 0.3) is 0 Å². The van der Waals surface area contributed by atoms with Crippen LogP contribution in [0, 0.1) is 0 Å². The average Bonchev–Trinajstić information content (AvgIpc) is 2.06. The SMILES string of the molecule is OOO[Si](OOO)(OOO)OOO. The molecule has 0 heterocycles. The van der Waals surface area contributed by atoms with E-state index in [1.54, 1.807) is 0 Å². The molecule has 0 aliphatic carbocycles. The van der Waals surface area contributed by atoms with Gasteiger partial charge in [0.2, 0.25) is 0 Å². The number of rotatable bonds is 8. The van der Waals surface area contributed by atoms with Gasteiger partial charge in [-0.15, -0.1) is 0 Å². The number of hydrogen-bond donors (Lipinski definition) is 4. The van der Waals surface area contributed by atoms with Crippen molar-refractivity contribution in [3.05, 3.63) is 0 Å². The molecule has 0 saturated carbocycles. The second-order valence-electron chi connectivity index (χ2n) is 1.13. The van der Waals surface area contributed by atoms with Gasteiger partial charge < -0.3 is 0 Å². The largest absolute Gasteiger partial charge is 0.801 e. The van der Waals surface area contributed by atoms with Crippen LogP contribution in [0.15, 0.2) is 0 Å². The van der Waals surface area contributed by atoms with Crippen LogP contribution in [0.3, 0.4) is 0 Å². The Morgan fingerprint density at radius 3 is 0.923 bits per heavy atom. The summed E-state index contributed by atoms with van der Waals surface area (Å²) in [4.78, 5) is 0. The van der Waals surface area contributed by atoms with Gasteiger partial charge in [-0.25, -0.2) is 21.0 Å². The standard InChI is InChI=1S/H4O12Si/c1-5-9-13(10-6-2,11-7-3)12-8-4/h1-4H. The summed E-state index contributed by atoms with van der Waals surface area (Å²) in [7, 11) is -4.68. The number of hydrogen-bond acceptors (Lipinski definition) is 12. The lowest BCUT2D eigenvalue weighted by atomic mass is 14.5. The molecule has 4 N–H and O–H groups in total. The molecule has 0 radical (unpaired) electrons. The summed E-state index contributed by atoms with van der Waals surface area (Å²) in [6.07, 6.45) is 0. The lowest BCUT2D eigenvalue weighted by Gasteiger charge is -2.15. The third-order valence-corrected chi connectivity index (χ3v) is 1.67. The molecule has 0 amide bonds.